The van der Waals surface area contributed by atoms with E-state index in [0.29, 0.717) is 18.2 Å². The molecule has 0 aromatic heterocycles. The summed E-state index contributed by atoms with van der Waals surface area (Å²) in [5, 5.41) is 9.45. The van der Waals surface area contributed by atoms with Crippen LogP contribution in [0.5, 0.6) is 5.75 Å². The molecule has 1 aromatic carbocycles. The first-order chi connectivity index (χ1) is 9.53. The van der Waals surface area contributed by atoms with Gasteiger partial charge in [0.25, 0.3) is 0 Å². The summed E-state index contributed by atoms with van der Waals surface area (Å²) in [6, 6.07) is 6.58. The van der Waals surface area contributed by atoms with E-state index < -0.39 is 10.0 Å². The molecule has 5 nitrogen and oxygen atoms in total. The third kappa shape index (κ3) is 3.71. The van der Waals surface area contributed by atoms with E-state index in [1.54, 1.807) is 18.2 Å². The molecule has 0 aliphatic heterocycles. The van der Waals surface area contributed by atoms with Crippen LogP contribution >= 0.6 is 0 Å². The van der Waals surface area contributed by atoms with Crippen molar-refractivity contribution in [3.8, 4) is 5.75 Å². The number of sulfonamides is 1. The lowest BCUT2D eigenvalue weighted by Gasteiger charge is -2.25. The number of methoxy groups -OCH3 is 1. The van der Waals surface area contributed by atoms with E-state index in [9.17, 15) is 13.5 Å². The standard InChI is InChI=1S/C14H21NO4S/c1-19-13-4-2-3-5-14(13)20(17,18)15-10-11-6-8-12(16)9-7-11/h2-5,11-12,15-16H,6-10H2,1H3. The van der Waals surface area contributed by atoms with Gasteiger partial charge in [-0.15, -0.1) is 0 Å². The topological polar surface area (TPSA) is 75.6 Å². The summed E-state index contributed by atoms with van der Waals surface area (Å²) in [5.41, 5.74) is 0. The number of aliphatic hydroxyl groups excluding tert-OH is 1. The van der Waals surface area contributed by atoms with Crippen LogP contribution in [0.2, 0.25) is 0 Å². The van der Waals surface area contributed by atoms with E-state index in [1.165, 1.54) is 13.2 Å². The molecule has 20 heavy (non-hydrogen) atoms. The lowest BCUT2D eigenvalue weighted by molar-refractivity contribution is 0.109. The summed E-state index contributed by atoms with van der Waals surface area (Å²) in [6.07, 6.45) is 2.99. The second kappa shape index (κ2) is 6.56. The lowest BCUT2D eigenvalue weighted by Crippen LogP contribution is -2.32. The maximum atomic E-state index is 12.3. The van der Waals surface area contributed by atoms with Crippen molar-refractivity contribution in [3.63, 3.8) is 0 Å². The maximum absolute atomic E-state index is 12.3. The minimum atomic E-state index is -3.55. The molecule has 2 N–H and O–H groups in total. The first-order valence-corrected chi connectivity index (χ1v) is 8.32. The molecule has 0 heterocycles. The zero-order valence-electron chi connectivity index (χ0n) is 11.6. The Morgan fingerprint density at radius 2 is 1.90 bits per heavy atom. The van der Waals surface area contributed by atoms with E-state index in [0.717, 1.165) is 25.7 Å². The molecule has 1 saturated carbocycles. The summed E-state index contributed by atoms with van der Waals surface area (Å²) in [7, 11) is -2.10. The Kier molecular flexibility index (Phi) is 5.01. The highest BCUT2D eigenvalue weighted by Crippen LogP contribution is 2.25. The number of rotatable bonds is 5. The lowest BCUT2D eigenvalue weighted by atomic mass is 9.88. The summed E-state index contributed by atoms with van der Waals surface area (Å²) in [6.45, 7) is 0.410. The van der Waals surface area contributed by atoms with Gasteiger partial charge in [-0.05, 0) is 43.7 Å². The molecule has 6 heteroatoms. The van der Waals surface area contributed by atoms with Gasteiger partial charge in [0.15, 0.2) is 0 Å². The van der Waals surface area contributed by atoms with Gasteiger partial charge in [-0.2, -0.15) is 0 Å². The maximum Gasteiger partial charge on any atom is 0.244 e. The predicted molar refractivity (Wildman–Crippen MR) is 76.1 cm³/mol. The first kappa shape index (κ1) is 15.3. The quantitative estimate of drug-likeness (QED) is 0.864. The number of ether oxygens (including phenoxy) is 1. The molecule has 0 saturated heterocycles. The molecular weight excluding hydrogens is 278 g/mol. The second-order valence-electron chi connectivity index (χ2n) is 5.18. The van der Waals surface area contributed by atoms with E-state index in [-0.39, 0.29) is 11.0 Å². The average Bonchev–Trinajstić information content (AvgIpc) is 2.46. The van der Waals surface area contributed by atoms with Gasteiger partial charge in [-0.3, -0.25) is 0 Å². The number of hydrogen-bond donors (Lipinski definition) is 2. The molecule has 0 spiro atoms. The SMILES string of the molecule is COc1ccccc1S(=O)(=O)NCC1CCC(O)CC1. The molecule has 0 bridgehead atoms. The van der Waals surface area contributed by atoms with Crippen LogP contribution in [0, 0.1) is 5.92 Å². The Hall–Kier alpha value is -1.11. The third-order valence-corrected chi connectivity index (χ3v) is 5.20. The molecule has 1 aromatic rings. The van der Waals surface area contributed by atoms with Crippen molar-refractivity contribution in [3.05, 3.63) is 24.3 Å². The summed E-state index contributed by atoms with van der Waals surface area (Å²) in [5.74, 6) is 0.641. The number of hydrogen-bond acceptors (Lipinski definition) is 4. The van der Waals surface area contributed by atoms with E-state index in [2.05, 4.69) is 4.72 Å². The van der Waals surface area contributed by atoms with Crippen LogP contribution in [0.15, 0.2) is 29.2 Å². The van der Waals surface area contributed by atoms with E-state index >= 15 is 0 Å². The van der Waals surface area contributed by atoms with Crippen molar-refractivity contribution in [1.82, 2.24) is 4.72 Å². The third-order valence-electron chi connectivity index (χ3n) is 3.74. The van der Waals surface area contributed by atoms with Crippen molar-refractivity contribution in [2.45, 2.75) is 36.7 Å². The minimum Gasteiger partial charge on any atom is -0.495 e. The Bertz CT molecular complexity index is 536. The van der Waals surface area contributed by atoms with Gasteiger partial charge >= 0.3 is 0 Å². The highest BCUT2D eigenvalue weighted by Gasteiger charge is 2.23. The van der Waals surface area contributed by atoms with Crippen molar-refractivity contribution in [2.24, 2.45) is 5.92 Å². The van der Waals surface area contributed by atoms with Gasteiger partial charge in [-0.1, -0.05) is 12.1 Å². The van der Waals surface area contributed by atoms with Crippen LogP contribution in [0.4, 0.5) is 0 Å². The molecule has 1 aliphatic rings. The Labute approximate surface area is 120 Å². The van der Waals surface area contributed by atoms with Gasteiger partial charge in [0.05, 0.1) is 13.2 Å². The van der Waals surface area contributed by atoms with Crippen molar-refractivity contribution in [2.75, 3.05) is 13.7 Å². The summed E-state index contributed by atoms with van der Waals surface area (Å²) < 4.78 is 32.3. The van der Waals surface area contributed by atoms with Gasteiger partial charge in [0.1, 0.15) is 10.6 Å². The number of para-hydroxylation sites is 1. The zero-order valence-corrected chi connectivity index (χ0v) is 12.4. The Balaban J connectivity index is 2.00. The largest absolute Gasteiger partial charge is 0.495 e. The Morgan fingerprint density at radius 1 is 1.25 bits per heavy atom. The normalized spacial score (nSPS) is 23.5. The molecule has 2 rings (SSSR count). The van der Waals surface area contributed by atoms with Crippen molar-refractivity contribution in [1.29, 1.82) is 0 Å². The van der Waals surface area contributed by atoms with Crippen molar-refractivity contribution < 1.29 is 18.3 Å². The van der Waals surface area contributed by atoms with Gasteiger partial charge in [0, 0.05) is 6.54 Å². The van der Waals surface area contributed by atoms with Crippen LogP contribution in [-0.4, -0.2) is 33.3 Å². The second-order valence-corrected chi connectivity index (χ2v) is 6.91. The predicted octanol–water partition coefficient (Wildman–Crippen LogP) is 1.52. The molecule has 1 fully saturated rings. The number of aliphatic hydroxyl groups is 1. The minimum absolute atomic E-state index is 0.165. The summed E-state index contributed by atoms with van der Waals surface area (Å²) in [4.78, 5) is 0.165. The van der Waals surface area contributed by atoms with Gasteiger partial charge < -0.3 is 9.84 Å². The highest BCUT2D eigenvalue weighted by atomic mass is 32.2. The molecule has 0 amide bonds. The first-order valence-electron chi connectivity index (χ1n) is 6.83. The zero-order chi connectivity index (χ0) is 14.6. The number of nitrogens with one attached hydrogen (secondary N) is 1. The van der Waals surface area contributed by atoms with Gasteiger partial charge in [-0.25, -0.2) is 13.1 Å². The molecule has 0 radical (unpaired) electrons. The van der Waals surface area contributed by atoms with E-state index in [4.69, 9.17) is 4.74 Å². The fourth-order valence-electron chi connectivity index (χ4n) is 2.50. The van der Waals surface area contributed by atoms with Crippen LogP contribution in [0.1, 0.15) is 25.7 Å². The van der Waals surface area contributed by atoms with Crippen LogP contribution < -0.4 is 9.46 Å². The fourth-order valence-corrected chi connectivity index (χ4v) is 3.78. The average molecular weight is 299 g/mol. The van der Waals surface area contributed by atoms with Crippen LogP contribution in [-0.2, 0) is 10.0 Å². The van der Waals surface area contributed by atoms with E-state index in [1.807, 2.05) is 0 Å². The smallest absolute Gasteiger partial charge is 0.244 e. The molecule has 0 unspecified atom stereocenters. The molecule has 0 atom stereocenters. The fraction of sp³-hybridized carbons (Fsp3) is 0.571. The summed E-state index contributed by atoms with van der Waals surface area (Å²) >= 11 is 0. The van der Waals surface area contributed by atoms with Crippen LogP contribution in [0.25, 0.3) is 0 Å². The molecule has 1 aliphatic carbocycles. The monoisotopic (exact) mass is 299 g/mol. The Morgan fingerprint density at radius 3 is 2.55 bits per heavy atom. The van der Waals surface area contributed by atoms with Crippen LogP contribution in [0.3, 0.4) is 0 Å². The van der Waals surface area contributed by atoms with Gasteiger partial charge in [0.2, 0.25) is 10.0 Å². The number of benzene rings is 1. The highest BCUT2D eigenvalue weighted by molar-refractivity contribution is 7.89. The van der Waals surface area contributed by atoms with Crippen molar-refractivity contribution >= 4 is 10.0 Å². The molecule has 112 valence electrons. The molecular formula is C14H21NO4S.